The van der Waals surface area contributed by atoms with Gasteiger partial charge in [-0.15, -0.1) is 11.3 Å². The van der Waals surface area contributed by atoms with Gasteiger partial charge in [0.05, 0.1) is 13.5 Å². The standard InChI is InChI=1S/C18H16O5S/c1-21-13-4-6-15-12(9-18(20)23-16(15)10-13)11-22-17(19)7-5-14-3-2-8-24-14/h2-4,6,8-10H,5,7,11H2,1H3. The van der Waals surface area contributed by atoms with Crippen LogP contribution in [-0.2, 0) is 22.6 Å². The Morgan fingerprint density at radius 2 is 2.12 bits per heavy atom. The van der Waals surface area contributed by atoms with E-state index < -0.39 is 5.63 Å². The molecule has 3 rings (SSSR count). The highest BCUT2D eigenvalue weighted by Crippen LogP contribution is 2.23. The second-order valence-electron chi connectivity index (χ2n) is 5.19. The monoisotopic (exact) mass is 344 g/mol. The second kappa shape index (κ2) is 7.31. The number of fused-ring (bicyclic) bond motifs is 1. The Bertz CT molecular complexity index is 895. The summed E-state index contributed by atoms with van der Waals surface area (Å²) in [6, 6.07) is 10.5. The van der Waals surface area contributed by atoms with Crippen LogP contribution in [0.1, 0.15) is 16.9 Å². The van der Waals surface area contributed by atoms with Gasteiger partial charge in [-0.2, -0.15) is 0 Å². The van der Waals surface area contributed by atoms with E-state index in [0.717, 1.165) is 10.3 Å². The van der Waals surface area contributed by atoms with Crippen molar-refractivity contribution < 1.29 is 18.7 Å². The molecular weight excluding hydrogens is 328 g/mol. The Kier molecular flexibility index (Phi) is 4.96. The topological polar surface area (TPSA) is 65.7 Å². The van der Waals surface area contributed by atoms with Crippen molar-refractivity contribution in [3.63, 3.8) is 0 Å². The number of thiophene rings is 1. The van der Waals surface area contributed by atoms with Gasteiger partial charge in [0, 0.05) is 28.0 Å². The molecule has 0 spiro atoms. The number of aryl methyl sites for hydroxylation is 1. The molecule has 2 aromatic heterocycles. The van der Waals surface area contributed by atoms with Crippen molar-refractivity contribution in [1.29, 1.82) is 0 Å². The molecule has 0 saturated carbocycles. The molecule has 0 atom stereocenters. The zero-order chi connectivity index (χ0) is 16.9. The average molecular weight is 344 g/mol. The average Bonchev–Trinajstić information content (AvgIpc) is 3.10. The van der Waals surface area contributed by atoms with Gasteiger partial charge in [0.2, 0.25) is 0 Å². The van der Waals surface area contributed by atoms with Crippen molar-refractivity contribution in [3.05, 3.63) is 62.6 Å². The smallest absolute Gasteiger partial charge is 0.336 e. The summed E-state index contributed by atoms with van der Waals surface area (Å²) in [6.45, 7) is 0.0394. The number of benzene rings is 1. The molecule has 24 heavy (non-hydrogen) atoms. The first-order valence-electron chi connectivity index (χ1n) is 7.44. The lowest BCUT2D eigenvalue weighted by atomic mass is 10.1. The molecular formula is C18H16O5S. The fourth-order valence-corrected chi connectivity index (χ4v) is 3.08. The van der Waals surface area contributed by atoms with Crippen LogP contribution in [0.3, 0.4) is 0 Å². The normalized spacial score (nSPS) is 10.7. The first-order chi connectivity index (χ1) is 11.7. The zero-order valence-electron chi connectivity index (χ0n) is 13.1. The van der Waals surface area contributed by atoms with Gasteiger partial charge in [0.25, 0.3) is 0 Å². The van der Waals surface area contributed by atoms with Crippen LogP contribution < -0.4 is 10.4 Å². The second-order valence-corrected chi connectivity index (χ2v) is 6.23. The highest BCUT2D eigenvalue weighted by Gasteiger charge is 2.10. The third kappa shape index (κ3) is 3.83. The first-order valence-corrected chi connectivity index (χ1v) is 8.32. The molecule has 0 saturated heterocycles. The van der Waals surface area contributed by atoms with Crippen molar-refractivity contribution in [2.75, 3.05) is 7.11 Å². The predicted molar refractivity (Wildman–Crippen MR) is 91.5 cm³/mol. The lowest BCUT2D eigenvalue weighted by Gasteiger charge is -2.08. The fourth-order valence-electron chi connectivity index (χ4n) is 2.37. The fraction of sp³-hybridized carbons (Fsp3) is 0.222. The summed E-state index contributed by atoms with van der Waals surface area (Å²) in [4.78, 5) is 24.7. The van der Waals surface area contributed by atoms with Gasteiger partial charge in [-0.1, -0.05) is 6.07 Å². The van der Waals surface area contributed by atoms with Crippen molar-refractivity contribution in [3.8, 4) is 5.75 Å². The van der Waals surface area contributed by atoms with Crippen molar-refractivity contribution in [2.45, 2.75) is 19.4 Å². The minimum absolute atomic E-state index is 0.0394. The molecule has 0 N–H and O–H groups in total. The largest absolute Gasteiger partial charge is 0.497 e. The van der Waals surface area contributed by atoms with Crippen LogP contribution in [0.25, 0.3) is 11.0 Å². The highest BCUT2D eigenvalue weighted by molar-refractivity contribution is 7.09. The predicted octanol–water partition coefficient (Wildman–Crippen LogP) is 3.54. The number of ether oxygens (including phenoxy) is 2. The molecule has 124 valence electrons. The molecule has 5 nitrogen and oxygen atoms in total. The Balaban J connectivity index is 1.70. The number of carbonyl (C=O) groups is 1. The van der Waals surface area contributed by atoms with E-state index in [9.17, 15) is 9.59 Å². The molecule has 0 radical (unpaired) electrons. The SMILES string of the molecule is COc1ccc2c(COC(=O)CCc3cccs3)cc(=O)oc2c1. The van der Waals surface area contributed by atoms with Gasteiger partial charge < -0.3 is 13.9 Å². The Hall–Kier alpha value is -2.60. The number of hydrogen-bond acceptors (Lipinski definition) is 6. The van der Waals surface area contributed by atoms with E-state index in [1.807, 2.05) is 17.5 Å². The Morgan fingerprint density at radius 3 is 2.88 bits per heavy atom. The van der Waals surface area contributed by atoms with E-state index in [2.05, 4.69) is 0 Å². The van der Waals surface area contributed by atoms with Crippen LogP contribution in [0.2, 0.25) is 0 Å². The Morgan fingerprint density at radius 1 is 1.25 bits per heavy atom. The Labute approximate surface area is 142 Å². The summed E-state index contributed by atoms with van der Waals surface area (Å²) in [5.41, 5.74) is 0.542. The first kappa shape index (κ1) is 16.3. The van der Waals surface area contributed by atoms with E-state index in [0.29, 0.717) is 29.7 Å². The molecule has 0 unspecified atom stereocenters. The maximum Gasteiger partial charge on any atom is 0.336 e. The van der Waals surface area contributed by atoms with Crippen LogP contribution in [-0.4, -0.2) is 13.1 Å². The summed E-state index contributed by atoms with van der Waals surface area (Å²) in [5.74, 6) is 0.300. The number of esters is 1. The molecule has 0 fully saturated rings. The summed E-state index contributed by atoms with van der Waals surface area (Å²) in [6.07, 6.45) is 0.971. The molecule has 0 amide bonds. The lowest BCUT2D eigenvalue weighted by molar-refractivity contribution is -0.144. The summed E-state index contributed by atoms with van der Waals surface area (Å²) in [5, 5.41) is 2.70. The maximum atomic E-state index is 11.9. The third-order valence-electron chi connectivity index (χ3n) is 3.58. The molecule has 0 aliphatic rings. The minimum atomic E-state index is -0.486. The minimum Gasteiger partial charge on any atom is -0.497 e. The summed E-state index contributed by atoms with van der Waals surface area (Å²) >= 11 is 1.61. The van der Waals surface area contributed by atoms with Gasteiger partial charge >= 0.3 is 11.6 Å². The van der Waals surface area contributed by atoms with Gasteiger partial charge in [-0.25, -0.2) is 4.79 Å². The van der Waals surface area contributed by atoms with Crippen molar-refractivity contribution >= 4 is 28.3 Å². The van der Waals surface area contributed by atoms with Crippen LogP contribution in [0.5, 0.6) is 5.75 Å². The molecule has 1 aromatic carbocycles. The molecule has 0 aliphatic heterocycles. The number of carbonyl (C=O) groups excluding carboxylic acids is 1. The number of rotatable bonds is 6. The van der Waals surface area contributed by atoms with E-state index >= 15 is 0 Å². The van der Waals surface area contributed by atoms with Crippen molar-refractivity contribution in [2.24, 2.45) is 0 Å². The van der Waals surface area contributed by atoms with Gasteiger partial charge in [-0.3, -0.25) is 4.79 Å². The summed E-state index contributed by atoms with van der Waals surface area (Å²) in [7, 11) is 1.54. The van der Waals surface area contributed by atoms with Crippen LogP contribution in [0.4, 0.5) is 0 Å². The van der Waals surface area contributed by atoms with Crippen LogP contribution in [0.15, 0.2) is 51.0 Å². The van der Waals surface area contributed by atoms with E-state index in [1.165, 1.54) is 6.07 Å². The maximum absolute atomic E-state index is 11.9. The van der Waals surface area contributed by atoms with E-state index in [4.69, 9.17) is 13.9 Å². The van der Waals surface area contributed by atoms with Gasteiger partial charge in [0.1, 0.15) is 17.9 Å². The van der Waals surface area contributed by atoms with Gasteiger partial charge in [0.15, 0.2) is 0 Å². The van der Waals surface area contributed by atoms with Crippen molar-refractivity contribution in [1.82, 2.24) is 0 Å². The van der Waals surface area contributed by atoms with Crippen LogP contribution in [0, 0.1) is 0 Å². The molecule has 6 heteroatoms. The van der Waals surface area contributed by atoms with E-state index in [1.54, 1.807) is 36.6 Å². The molecule has 0 aliphatic carbocycles. The third-order valence-corrected chi connectivity index (χ3v) is 4.52. The van der Waals surface area contributed by atoms with Crippen LogP contribution >= 0.6 is 11.3 Å². The van der Waals surface area contributed by atoms with Gasteiger partial charge in [-0.05, 0) is 30.0 Å². The summed E-state index contributed by atoms with van der Waals surface area (Å²) < 4.78 is 15.6. The molecule has 3 aromatic rings. The lowest BCUT2D eigenvalue weighted by Crippen LogP contribution is -2.08. The molecule has 2 heterocycles. The quantitative estimate of drug-likeness (QED) is 0.505. The number of methoxy groups -OCH3 is 1. The number of hydrogen-bond donors (Lipinski definition) is 0. The molecule has 0 bridgehead atoms. The highest BCUT2D eigenvalue weighted by atomic mass is 32.1. The van der Waals surface area contributed by atoms with E-state index in [-0.39, 0.29) is 12.6 Å². The zero-order valence-corrected chi connectivity index (χ0v) is 13.9.